The van der Waals surface area contributed by atoms with Gasteiger partial charge in [0, 0.05) is 15.7 Å². The summed E-state index contributed by atoms with van der Waals surface area (Å²) in [5, 5.41) is 21.6. The molecule has 14 nitrogen and oxygen atoms in total. The number of para-hydroxylation sites is 3. The SMILES string of the molecule is CC.CC.CC.N.Nc1ccccc1.O.O=[N+]([O-])[O][Pb][O][N+](=O)[O-].S=C([S-])Nc1ccccc1.S=C=Nc1ccccc1.S=C=S.[NH4+]. The molecule has 3 rings (SSSR count). The molecule has 0 saturated carbocycles. The van der Waals surface area contributed by atoms with E-state index in [0.29, 0.717) is 4.32 Å². The zero-order valence-corrected chi connectivity index (χ0v) is 35.2. The third kappa shape index (κ3) is 62.4. The molecule has 0 unspecified atom stereocenters. The van der Waals surface area contributed by atoms with Gasteiger partial charge >= 0.3 is 61.1 Å². The van der Waals surface area contributed by atoms with Crippen LogP contribution in [-0.2, 0) is 18.2 Å². The number of anilines is 2. The van der Waals surface area contributed by atoms with Crippen molar-refractivity contribution in [3.8, 4) is 0 Å². The maximum atomic E-state index is 9.31. The van der Waals surface area contributed by atoms with Gasteiger partial charge < -0.3 is 53.7 Å². The van der Waals surface area contributed by atoms with E-state index in [0.717, 1.165) is 17.1 Å². The molecule has 0 amide bonds. The summed E-state index contributed by atoms with van der Waals surface area (Å²) in [6, 6.07) is 28.6. The minimum Gasteiger partial charge on any atom is -0.411 e. The minimum absolute atomic E-state index is 0. The van der Waals surface area contributed by atoms with Gasteiger partial charge in [-0.25, -0.2) is 0 Å². The molecule has 0 aliphatic carbocycles. The van der Waals surface area contributed by atoms with Gasteiger partial charge in [-0.3, -0.25) is 0 Å². The number of aliphatic imine (C=N–C) groups is 1. The zero-order chi connectivity index (χ0) is 35.0. The molecule has 12 N–H and O–H groups in total. The molecule has 47 heavy (non-hydrogen) atoms. The van der Waals surface area contributed by atoms with E-state index in [2.05, 4.69) is 82.5 Å². The summed E-state index contributed by atoms with van der Waals surface area (Å²) in [5.74, 6) is 0. The van der Waals surface area contributed by atoms with Gasteiger partial charge in [-0.05, 0) is 73.1 Å². The number of hydrogen-bond donors (Lipinski definition) is 4. The van der Waals surface area contributed by atoms with Crippen LogP contribution in [0, 0.1) is 20.2 Å². The molecule has 2 radical (unpaired) electrons. The quantitative estimate of drug-likeness (QED) is 0.0344. The number of nitrogen functional groups attached to an aromatic ring is 1. The van der Waals surface area contributed by atoms with Crippen molar-refractivity contribution in [3.05, 3.63) is 111 Å². The third-order valence-corrected chi connectivity index (χ3v) is 5.01. The van der Waals surface area contributed by atoms with E-state index in [9.17, 15) is 20.2 Å². The van der Waals surface area contributed by atoms with E-state index in [1.165, 1.54) is 0 Å². The summed E-state index contributed by atoms with van der Waals surface area (Å²) in [6.45, 7) is 12.0. The second-order valence-corrected chi connectivity index (χ2v) is 9.52. The van der Waals surface area contributed by atoms with Crippen LogP contribution in [-0.4, -0.2) is 54.6 Å². The van der Waals surface area contributed by atoms with Crippen LogP contribution in [0.15, 0.2) is 96.0 Å². The second kappa shape index (κ2) is 55.2. The zero-order valence-electron chi connectivity index (χ0n) is 27.3. The second-order valence-electron chi connectivity index (χ2n) is 5.52. The summed E-state index contributed by atoms with van der Waals surface area (Å²) < 4.78 is 9.51. The fourth-order valence-electron chi connectivity index (χ4n) is 1.73. The predicted molar refractivity (Wildman–Crippen MR) is 213 cm³/mol. The smallest absolute Gasteiger partial charge is 0.0739 e. The van der Waals surface area contributed by atoms with Crippen molar-refractivity contribution in [2.45, 2.75) is 41.5 Å². The largest absolute Gasteiger partial charge is 0.411 e. The maximum Gasteiger partial charge on any atom is 0.0739 e. The molecule has 0 atom stereocenters. The molecule has 0 heterocycles. The number of rotatable bonds is 6. The molecule has 0 fully saturated rings. The fraction of sp³-hybridized carbons (Fsp3) is 0.222. The maximum absolute atomic E-state index is 9.31. The number of isothiocyanates is 1. The van der Waals surface area contributed by atoms with Crippen LogP contribution in [0.3, 0.4) is 0 Å². The molecule has 0 aromatic heterocycles. The third-order valence-electron chi connectivity index (χ3n) is 2.97. The Hall–Kier alpha value is -3.21. The van der Waals surface area contributed by atoms with E-state index in [-0.39, 0.29) is 17.8 Å². The Morgan fingerprint density at radius 2 is 1.13 bits per heavy atom. The van der Waals surface area contributed by atoms with Crippen LogP contribution in [0.2, 0.25) is 0 Å². The number of nitrogens with one attached hydrogen (secondary N) is 1. The Labute approximate surface area is 317 Å². The van der Waals surface area contributed by atoms with Crippen molar-refractivity contribution in [1.82, 2.24) is 12.3 Å². The van der Waals surface area contributed by atoms with Gasteiger partial charge in [0.05, 0.1) is 10.8 Å². The topological polar surface area (TPSA) is 258 Å². The van der Waals surface area contributed by atoms with Gasteiger partial charge in [-0.2, -0.15) is 4.99 Å². The van der Waals surface area contributed by atoms with Gasteiger partial charge in [-0.15, -0.1) is 0 Å². The molecular weight excluding hydrogens is 902 g/mol. The van der Waals surface area contributed by atoms with E-state index < -0.39 is 35.3 Å². The van der Waals surface area contributed by atoms with Gasteiger partial charge in [0.2, 0.25) is 0 Å². The summed E-state index contributed by atoms with van der Waals surface area (Å²) >= 11 is 19.2. The number of hydrogen-bond acceptors (Lipinski definition) is 14. The molecule has 20 heteroatoms. The summed E-state index contributed by atoms with van der Waals surface area (Å²) in [7, 11) is 0. The van der Waals surface area contributed by atoms with Gasteiger partial charge in [0.15, 0.2) is 0 Å². The van der Waals surface area contributed by atoms with Crippen LogP contribution >= 0.6 is 48.9 Å². The average molecular weight is 947 g/mol. The predicted octanol–water partition coefficient (Wildman–Crippen LogP) is 8.37. The van der Waals surface area contributed by atoms with E-state index >= 15 is 0 Å². The Balaban J connectivity index is -0.0000000653. The Bertz CT molecular complexity index is 1150. The van der Waals surface area contributed by atoms with Gasteiger partial charge in [0.1, 0.15) is 0 Å². The Kier molecular flexibility index (Phi) is 73.5. The van der Waals surface area contributed by atoms with Crippen LogP contribution in [0.5, 0.6) is 0 Å². The molecule has 0 bridgehead atoms. The van der Waals surface area contributed by atoms with Crippen molar-refractivity contribution in [3.63, 3.8) is 0 Å². The standard InChI is InChI=1S/C7H7NS2.C7H5NS.C6H7N.3C2H6.CS2.2NO3.2H3N.H2O.Pb/c9-7(10)8-6-4-2-1-3-5-6;9-6-8-7-4-2-1-3-5-7;7-6-4-2-1-3-5-6;3*1-2;2-1-3;2*2-1(3)4;;;;/h1-5H,(H2,8,9,10);1-5H;1-5H,7H2;3*1-2H3;;;;2*1H3;1H2;/q;;;;;;;2*-1;;;;+2. The number of benzene rings is 3. The summed E-state index contributed by atoms with van der Waals surface area (Å²) in [4.78, 5) is 22.4. The van der Waals surface area contributed by atoms with Crippen molar-refractivity contribution in [2.24, 2.45) is 4.99 Å². The fourth-order valence-corrected chi connectivity index (χ4v) is 2.67. The molecule has 0 aliphatic rings. The molecular formula is C27H45N7O7PbS5. The van der Waals surface area contributed by atoms with Crippen LogP contribution < -0.4 is 23.4 Å². The van der Waals surface area contributed by atoms with Crippen molar-refractivity contribution >= 4 is 117 Å². The van der Waals surface area contributed by atoms with Crippen molar-refractivity contribution in [2.75, 3.05) is 11.1 Å². The summed E-state index contributed by atoms with van der Waals surface area (Å²) in [5.41, 5.74) is 7.98. The Morgan fingerprint density at radius 1 is 0.809 bits per heavy atom. The number of thiocarbonyl (C=S) groups is 4. The van der Waals surface area contributed by atoms with Crippen LogP contribution in [0.25, 0.3) is 0 Å². The first-order valence-electron chi connectivity index (χ1n) is 12.5. The number of quaternary nitrogens is 1. The minimum atomic E-state index is -2.52. The van der Waals surface area contributed by atoms with Crippen LogP contribution in [0.4, 0.5) is 17.1 Å². The van der Waals surface area contributed by atoms with Gasteiger partial charge in [0.25, 0.3) is 0 Å². The number of nitrogens with two attached hydrogens (primary N) is 1. The molecule has 0 aliphatic heterocycles. The molecule has 3 aromatic rings. The normalized spacial score (nSPS) is 6.77. The van der Waals surface area contributed by atoms with Gasteiger partial charge in [-0.1, -0.05) is 100 Å². The first-order chi connectivity index (χ1) is 21.2. The Morgan fingerprint density at radius 3 is 1.38 bits per heavy atom. The van der Waals surface area contributed by atoms with Crippen molar-refractivity contribution < 1.29 is 21.2 Å². The van der Waals surface area contributed by atoms with E-state index in [1.807, 2.05) is 137 Å². The first-order valence-corrected chi connectivity index (χ1v) is 17.7. The first kappa shape index (κ1) is 62.6. The molecule has 3 aromatic carbocycles. The molecule has 0 saturated heterocycles. The van der Waals surface area contributed by atoms with E-state index in [4.69, 9.17) is 5.73 Å². The average Bonchev–Trinajstić information content (AvgIpc) is 3.03. The van der Waals surface area contributed by atoms with Crippen molar-refractivity contribution in [1.29, 1.82) is 0 Å². The summed E-state index contributed by atoms with van der Waals surface area (Å²) in [6.07, 6.45) is 0. The van der Waals surface area contributed by atoms with Crippen LogP contribution in [0.1, 0.15) is 41.5 Å². The van der Waals surface area contributed by atoms with E-state index in [1.54, 1.807) is 0 Å². The monoisotopic (exact) mass is 947 g/mol. The molecule has 0 spiro atoms. The number of nitrogens with zero attached hydrogens (tertiary/aromatic N) is 3. The molecule has 264 valence electrons.